The van der Waals surface area contributed by atoms with Gasteiger partial charge in [-0.1, -0.05) is 78.7 Å². The minimum absolute atomic E-state index is 0.0428. The number of imidazole rings is 1. The van der Waals surface area contributed by atoms with E-state index in [1.807, 2.05) is 42.5 Å². The third-order valence-electron chi connectivity index (χ3n) is 5.80. The molecule has 168 valence electrons. The third-order valence-corrected chi connectivity index (χ3v) is 5.80. The van der Waals surface area contributed by atoms with Crippen molar-refractivity contribution in [1.29, 1.82) is 0 Å². The van der Waals surface area contributed by atoms with E-state index in [4.69, 9.17) is 4.98 Å². The molecule has 0 saturated carbocycles. The highest BCUT2D eigenvalue weighted by molar-refractivity contribution is 5.91. The number of hydrogen-bond acceptors (Lipinski definition) is 2. The minimum Gasteiger partial charge on any atom is -0.353 e. The molecule has 0 saturated heterocycles. The van der Waals surface area contributed by atoms with Crippen molar-refractivity contribution in [3.63, 3.8) is 0 Å². The van der Waals surface area contributed by atoms with Gasteiger partial charge in [0.25, 0.3) is 0 Å². The maximum Gasteiger partial charge on any atom is 0.243 e. The first-order valence-corrected chi connectivity index (χ1v) is 11.7. The summed E-state index contributed by atoms with van der Waals surface area (Å²) in [6, 6.07) is 26.9. The highest BCUT2D eigenvalue weighted by Crippen LogP contribution is 2.20. The number of rotatable bonds is 10. The lowest BCUT2D eigenvalue weighted by atomic mass is 10.1. The largest absolute Gasteiger partial charge is 0.353 e. The quantitative estimate of drug-likeness (QED) is 0.247. The second-order valence-electron chi connectivity index (χ2n) is 8.43. The van der Waals surface area contributed by atoms with Crippen LogP contribution in [0.3, 0.4) is 0 Å². The van der Waals surface area contributed by atoms with Crippen LogP contribution in [0.25, 0.3) is 17.1 Å². The Bertz CT molecular complexity index is 1210. The number of aryl methyl sites for hydroxylation is 2. The van der Waals surface area contributed by atoms with Gasteiger partial charge in [-0.2, -0.15) is 0 Å². The van der Waals surface area contributed by atoms with Crippen LogP contribution >= 0.6 is 0 Å². The molecule has 0 aliphatic carbocycles. The lowest BCUT2D eigenvalue weighted by molar-refractivity contribution is -0.116. The summed E-state index contributed by atoms with van der Waals surface area (Å²) in [4.78, 5) is 16.9. The highest BCUT2D eigenvalue weighted by atomic mass is 16.1. The molecule has 0 bridgehead atoms. The zero-order chi connectivity index (χ0) is 22.9. The minimum atomic E-state index is -0.0428. The standard InChI is InChI=1S/C29H31N3O/c1-23-15-17-25(18-16-23)22-32-27-13-8-7-12-26(27)31-28(32)14-6-3-9-21-30-29(33)20-19-24-10-4-2-5-11-24/h2,4-5,7-8,10-13,15-20H,3,6,9,14,21-22H2,1H3,(H,30,33)/b20-19+. The van der Waals surface area contributed by atoms with Crippen LogP contribution in [0.15, 0.2) is 84.9 Å². The molecule has 1 aromatic heterocycles. The maximum atomic E-state index is 12.0. The molecule has 0 aliphatic heterocycles. The number of amides is 1. The van der Waals surface area contributed by atoms with E-state index in [0.29, 0.717) is 6.54 Å². The Morgan fingerprint density at radius 1 is 0.909 bits per heavy atom. The first kappa shape index (κ1) is 22.5. The Balaban J connectivity index is 1.27. The summed E-state index contributed by atoms with van der Waals surface area (Å²) in [6.07, 6.45) is 7.44. The van der Waals surface area contributed by atoms with E-state index < -0.39 is 0 Å². The molecule has 33 heavy (non-hydrogen) atoms. The van der Waals surface area contributed by atoms with Gasteiger partial charge in [-0.25, -0.2) is 4.98 Å². The molecule has 0 spiro atoms. The van der Waals surface area contributed by atoms with Gasteiger partial charge in [0.15, 0.2) is 0 Å². The summed E-state index contributed by atoms with van der Waals surface area (Å²) in [6.45, 7) is 3.64. The monoisotopic (exact) mass is 437 g/mol. The predicted octanol–water partition coefficient (Wildman–Crippen LogP) is 5.94. The molecule has 0 unspecified atom stereocenters. The van der Waals surface area contributed by atoms with E-state index in [-0.39, 0.29) is 5.91 Å². The van der Waals surface area contributed by atoms with Crippen molar-refractivity contribution in [2.45, 2.75) is 39.2 Å². The molecule has 0 radical (unpaired) electrons. The van der Waals surface area contributed by atoms with Crippen LogP contribution in [0.5, 0.6) is 0 Å². The summed E-state index contributed by atoms with van der Waals surface area (Å²) >= 11 is 0. The molecule has 1 heterocycles. The van der Waals surface area contributed by atoms with E-state index in [1.54, 1.807) is 6.08 Å². The summed E-state index contributed by atoms with van der Waals surface area (Å²) in [7, 11) is 0. The fraction of sp³-hybridized carbons (Fsp3) is 0.241. The van der Waals surface area contributed by atoms with Crippen molar-refractivity contribution in [1.82, 2.24) is 14.9 Å². The van der Waals surface area contributed by atoms with Gasteiger partial charge >= 0.3 is 0 Å². The summed E-state index contributed by atoms with van der Waals surface area (Å²) in [5, 5.41) is 2.98. The molecule has 0 aliphatic rings. The Kier molecular flexibility index (Phi) is 7.70. The second kappa shape index (κ2) is 11.3. The van der Waals surface area contributed by atoms with Crippen LogP contribution in [0.1, 0.15) is 41.8 Å². The molecule has 4 aromatic rings. The van der Waals surface area contributed by atoms with E-state index >= 15 is 0 Å². The average molecular weight is 438 g/mol. The number of nitrogens with one attached hydrogen (secondary N) is 1. The molecule has 3 aromatic carbocycles. The van der Waals surface area contributed by atoms with Gasteiger partial charge in [-0.3, -0.25) is 4.79 Å². The van der Waals surface area contributed by atoms with Gasteiger partial charge in [-0.05, 0) is 49.1 Å². The average Bonchev–Trinajstić information content (AvgIpc) is 3.19. The molecule has 4 heteroatoms. The number of aromatic nitrogens is 2. The zero-order valence-electron chi connectivity index (χ0n) is 19.2. The van der Waals surface area contributed by atoms with Crippen molar-refractivity contribution in [2.24, 2.45) is 0 Å². The lowest BCUT2D eigenvalue weighted by Gasteiger charge is -2.10. The van der Waals surface area contributed by atoms with Crippen LogP contribution in [0.2, 0.25) is 0 Å². The number of unbranched alkanes of at least 4 members (excludes halogenated alkanes) is 2. The number of carbonyl (C=O) groups is 1. The number of benzene rings is 3. The fourth-order valence-corrected chi connectivity index (χ4v) is 3.96. The molecular formula is C29H31N3O. The first-order valence-electron chi connectivity index (χ1n) is 11.7. The number of para-hydroxylation sites is 2. The Morgan fingerprint density at radius 2 is 1.67 bits per heavy atom. The lowest BCUT2D eigenvalue weighted by Crippen LogP contribution is -2.22. The van der Waals surface area contributed by atoms with E-state index in [2.05, 4.69) is 59.3 Å². The molecule has 1 amide bonds. The Hall–Kier alpha value is -3.66. The van der Waals surface area contributed by atoms with Crippen molar-refractivity contribution < 1.29 is 4.79 Å². The summed E-state index contributed by atoms with van der Waals surface area (Å²) in [5.74, 6) is 1.09. The fourth-order valence-electron chi connectivity index (χ4n) is 3.96. The van der Waals surface area contributed by atoms with Crippen LogP contribution in [-0.2, 0) is 17.8 Å². The normalized spacial score (nSPS) is 11.3. The Morgan fingerprint density at radius 3 is 2.48 bits per heavy atom. The van der Waals surface area contributed by atoms with Crippen LogP contribution < -0.4 is 5.32 Å². The first-order chi connectivity index (χ1) is 16.2. The van der Waals surface area contributed by atoms with E-state index in [1.165, 1.54) is 16.6 Å². The van der Waals surface area contributed by atoms with Gasteiger partial charge in [0, 0.05) is 25.6 Å². The highest BCUT2D eigenvalue weighted by Gasteiger charge is 2.10. The number of nitrogens with zero attached hydrogens (tertiary/aromatic N) is 2. The zero-order valence-corrected chi connectivity index (χ0v) is 19.2. The third kappa shape index (κ3) is 6.42. The van der Waals surface area contributed by atoms with E-state index in [0.717, 1.165) is 49.1 Å². The predicted molar refractivity (Wildman–Crippen MR) is 136 cm³/mol. The van der Waals surface area contributed by atoms with Crippen molar-refractivity contribution in [2.75, 3.05) is 6.54 Å². The molecule has 4 nitrogen and oxygen atoms in total. The molecule has 4 rings (SSSR count). The van der Waals surface area contributed by atoms with Gasteiger partial charge in [0.2, 0.25) is 5.91 Å². The van der Waals surface area contributed by atoms with E-state index in [9.17, 15) is 4.79 Å². The van der Waals surface area contributed by atoms with Crippen LogP contribution in [-0.4, -0.2) is 22.0 Å². The van der Waals surface area contributed by atoms with Crippen molar-refractivity contribution >= 4 is 23.0 Å². The second-order valence-corrected chi connectivity index (χ2v) is 8.43. The van der Waals surface area contributed by atoms with Crippen LogP contribution in [0.4, 0.5) is 0 Å². The number of carbonyl (C=O) groups excluding carboxylic acids is 1. The summed E-state index contributed by atoms with van der Waals surface area (Å²) in [5.41, 5.74) is 5.83. The van der Waals surface area contributed by atoms with Gasteiger partial charge in [0.1, 0.15) is 5.82 Å². The molecule has 0 fully saturated rings. The smallest absolute Gasteiger partial charge is 0.243 e. The van der Waals surface area contributed by atoms with Crippen LogP contribution in [0, 0.1) is 6.92 Å². The Labute approximate surface area is 196 Å². The summed E-state index contributed by atoms with van der Waals surface area (Å²) < 4.78 is 2.34. The molecule has 0 atom stereocenters. The molecular weight excluding hydrogens is 406 g/mol. The maximum absolute atomic E-state index is 12.0. The molecule has 1 N–H and O–H groups in total. The van der Waals surface area contributed by atoms with Gasteiger partial charge < -0.3 is 9.88 Å². The van der Waals surface area contributed by atoms with Gasteiger partial charge in [-0.15, -0.1) is 0 Å². The SMILES string of the molecule is Cc1ccc(Cn2c(CCCCCNC(=O)/C=C/c3ccccc3)nc3ccccc32)cc1. The van der Waals surface area contributed by atoms with Crippen molar-refractivity contribution in [3.05, 3.63) is 107 Å². The number of fused-ring (bicyclic) bond motifs is 1. The number of hydrogen-bond donors (Lipinski definition) is 1. The van der Waals surface area contributed by atoms with Gasteiger partial charge in [0.05, 0.1) is 11.0 Å². The van der Waals surface area contributed by atoms with Crippen molar-refractivity contribution in [3.8, 4) is 0 Å². The topological polar surface area (TPSA) is 46.9 Å².